The quantitative estimate of drug-likeness (QED) is 0.785. The zero-order chi connectivity index (χ0) is 18.1. The van der Waals surface area contributed by atoms with Crippen LogP contribution in [0.2, 0.25) is 0 Å². The van der Waals surface area contributed by atoms with E-state index >= 15 is 0 Å². The van der Waals surface area contributed by atoms with E-state index in [0.29, 0.717) is 25.2 Å². The summed E-state index contributed by atoms with van der Waals surface area (Å²) < 4.78 is 1.89. The van der Waals surface area contributed by atoms with Crippen LogP contribution in [0.25, 0.3) is 5.65 Å². The highest BCUT2D eigenvalue weighted by Crippen LogP contribution is 2.17. The van der Waals surface area contributed by atoms with E-state index in [-0.39, 0.29) is 11.8 Å². The van der Waals surface area contributed by atoms with E-state index in [9.17, 15) is 9.59 Å². The number of aromatic nitrogens is 2. The number of hydrogen-bond donors (Lipinski definition) is 1. The van der Waals surface area contributed by atoms with Crippen molar-refractivity contribution >= 4 is 17.5 Å². The number of rotatable bonds is 3. The number of aryl methyl sites for hydroxylation is 1. The predicted octanol–water partition coefficient (Wildman–Crippen LogP) is 1.83. The molecule has 1 atom stereocenters. The number of amides is 2. The predicted molar refractivity (Wildman–Crippen MR) is 97.9 cm³/mol. The van der Waals surface area contributed by atoms with Gasteiger partial charge in [0.15, 0.2) is 0 Å². The molecule has 0 spiro atoms. The summed E-state index contributed by atoms with van der Waals surface area (Å²) in [5, 5.41) is 2.87. The zero-order valence-electron chi connectivity index (χ0n) is 14.6. The smallest absolute Gasteiger partial charge is 0.274 e. The third kappa shape index (κ3) is 2.94. The fourth-order valence-electron chi connectivity index (χ4n) is 3.40. The Balaban J connectivity index is 1.65. The van der Waals surface area contributed by atoms with Crippen LogP contribution >= 0.6 is 0 Å². The van der Waals surface area contributed by atoms with E-state index in [1.807, 2.05) is 59.9 Å². The molecule has 3 heterocycles. The number of carbonyl (C=O) groups excluding carboxylic acids is 2. The minimum atomic E-state index is -0.524. The molecular formula is C20H20N4O2. The molecule has 26 heavy (non-hydrogen) atoms. The Hall–Kier alpha value is -3.15. The molecule has 3 aromatic rings. The number of pyridine rings is 1. The van der Waals surface area contributed by atoms with Crippen molar-refractivity contribution in [1.29, 1.82) is 0 Å². The molecule has 1 aliphatic rings. The Kier molecular flexibility index (Phi) is 4.16. The van der Waals surface area contributed by atoms with Crippen LogP contribution < -0.4 is 5.32 Å². The van der Waals surface area contributed by atoms with Gasteiger partial charge in [-0.25, -0.2) is 4.98 Å². The lowest BCUT2D eigenvalue weighted by Gasteiger charge is -2.34. The largest absolute Gasteiger partial charge is 0.353 e. The van der Waals surface area contributed by atoms with Crippen molar-refractivity contribution < 1.29 is 9.59 Å². The number of benzene rings is 1. The minimum absolute atomic E-state index is 0.117. The van der Waals surface area contributed by atoms with E-state index < -0.39 is 6.04 Å². The standard InChI is InChI=1S/C20H20N4O2/c1-14-6-5-9-18-22-16(13-24(14)18)20(26)23-11-10-21-19(25)17(23)12-15-7-3-2-4-8-15/h2-9,13,17H,10-12H2,1H3,(H,21,25). The normalized spacial score (nSPS) is 17.3. The van der Waals surface area contributed by atoms with Gasteiger partial charge in [0.05, 0.1) is 0 Å². The molecule has 1 saturated heterocycles. The van der Waals surface area contributed by atoms with Crippen LogP contribution in [0.1, 0.15) is 21.7 Å². The molecule has 6 nitrogen and oxygen atoms in total. The number of nitrogens with one attached hydrogen (secondary N) is 1. The molecule has 2 aromatic heterocycles. The van der Waals surface area contributed by atoms with Gasteiger partial charge in [0.2, 0.25) is 5.91 Å². The molecule has 1 aliphatic heterocycles. The second-order valence-corrected chi connectivity index (χ2v) is 6.52. The molecule has 1 N–H and O–H groups in total. The maximum Gasteiger partial charge on any atom is 0.274 e. The van der Waals surface area contributed by atoms with E-state index in [4.69, 9.17) is 0 Å². The number of fused-ring (bicyclic) bond motifs is 1. The van der Waals surface area contributed by atoms with Gasteiger partial charge in [-0.1, -0.05) is 36.4 Å². The van der Waals surface area contributed by atoms with Crippen molar-refractivity contribution in [2.24, 2.45) is 0 Å². The van der Waals surface area contributed by atoms with E-state index in [1.165, 1.54) is 0 Å². The van der Waals surface area contributed by atoms with Crippen LogP contribution in [0.4, 0.5) is 0 Å². The Labute approximate surface area is 151 Å². The maximum atomic E-state index is 13.1. The number of imidazole rings is 1. The summed E-state index contributed by atoms with van der Waals surface area (Å²) in [6, 6.07) is 15.0. The Morgan fingerprint density at radius 3 is 2.77 bits per heavy atom. The van der Waals surface area contributed by atoms with Crippen molar-refractivity contribution in [3.05, 3.63) is 71.7 Å². The summed E-state index contributed by atoms with van der Waals surface area (Å²) in [6.45, 7) is 2.91. The molecule has 1 unspecified atom stereocenters. The second kappa shape index (κ2) is 6.63. The number of piperazine rings is 1. The van der Waals surface area contributed by atoms with Crippen molar-refractivity contribution in [3.63, 3.8) is 0 Å². The Bertz CT molecular complexity index is 964. The first kappa shape index (κ1) is 16.3. The van der Waals surface area contributed by atoms with Crippen LogP contribution in [-0.2, 0) is 11.2 Å². The summed E-state index contributed by atoms with van der Waals surface area (Å²) >= 11 is 0. The third-order valence-corrected chi connectivity index (χ3v) is 4.78. The molecule has 2 amide bonds. The van der Waals surface area contributed by atoms with E-state index in [1.54, 1.807) is 11.1 Å². The minimum Gasteiger partial charge on any atom is -0.353 e. The number of nitrogens with zero attached hydrogens (tertiary/aromatic N) is 3. The second-order valence-electron chi connectivity index (χ2n) is 6.52. The number of carbonyl (C=O) groups is 2. The van der Waals surface area contributed by atoms with Gasteiger partial charge in [0.1, 0.15) is 17.4 Å². The lowest BCUT2D eigenvalue weighted by molar-refractivity contribution is -0.127. The summed E-state index contributed by atoms with van der Waals surface area (Å²) in [5.74, 6) is -0.322. The Morgan fingerprint density at radius 1 is 1.19 bits per heavy atom. The summed E-state index contributed by atoms with van der Waals surface area (Å²) in [6.07, 6.45) is 2.24. The first-order chi connectivity index (χ1) is 12.6. The number of hydrogen-bond acceptors (Lipinski definition) is 3. The van der Waals surface area contributed by atoms with Crippen molar-refractivity contribution in [3.8, 4) is 0 Å². The molecule has 0 saturated carbocycles. The highest BCUT2D eigenvalue weighted by Gasteiger charge is 2.34. The first-order valence-corrected chi connectivity index (χ1v) is 8.71. The molecule has 132 valence electrons. The van der Waals surface area contributed by atoms with E-state index in [0.717, 1.165) is 16.9 Å². The summed E-state index contributed by atoms with van der Waals surface area (Å²) in [7, 11) is 0. The third-order valence-electron chi connectivity index (χ3n) is 4.78. The van der Waals surface area contributed by atoms with Crippen LogP contribution in [0.15, 0.2) is 54.7 Å². The fourth-order valence-corrected chi connectivity index (χ4v) is 3.40. The molecule has 0 radical (unpaired) electrons. The maximum absolute atomic E-state index is 13.1. The zero-order valence-corrected chi connectivity index (χ0v) is 14.6. The SMILES string of the molecule is Cc1cccc2nc(C(=O)N3CCNC(=O)C3Cc3ccccc3)cn12. The Morgan fingerprint density at radius 2 is 2.00 bits per heavy atom. The molecular weight excluding hydrogens is 328 g/mol. The first-order valence-electron chi connectivity index (χ1n) is 8.71. The average molecular weight is 348 g/mol. The topological polar surface area (TPSA) is 66.7 Å². The van der Waals surface area contributed by atoms with E-state index in [2.05, 4.69) is 10.3 Å². The van der Waals surface area contributed by atoms with Gasteiger partial charge in [-0.05, 0) is 24.6 Å². The van der Waals surface area contributed by atoms with Crippen molar-refractivity contribution in [1.82, 2.24) is 19.6 Å². The summed E-state index contributed by atoms with van der Waals surface area (Å²) in [4.78, 5) is 31.6. The monoisotopic (exact) mass is 348 g/mol. The lowest BCUT2D eigenvalue weighted by Crippen LogP contribution is -2.58. The van der Waals surface area contributed by atoms with Crippen LogP contribution in [0, 0.1) is 6.92 Å². The molecule has 0 bridgehead atoms. The van der Waals surface area contributed by atoms with Gasteiger partial charge in [0.25, 0.3) is 5.91 Å². The molecule has 0 aliphatic carbocycles. The fraction of sp³-hybridized carbons (Fsp3) is 0.250. The van der Waals surface area contributed by atoms with Gasteiger partial charge < -0.3 is 14.6 Å². The lowest BCUT2D eigenvalue weighted by atomic mass is 10.0. The molecule has 1 aromatic carbocycles. The van der Waals surface area contributed by atoms with Gasteiger partial charge in [-0.2, -0.15) is 0 Å². The summed E-state index contributed by atoms with van der Waals surface area (Å²) in [5.41, 5.74) is 3.13. The molecule has 6 heteroatoms. The highest BCUT2D eigenvalue weighted by atomic mass is 16.2. The van der Waals surface area contributed by atoms with Gasteiger partial charge in [-0.15, -0.1) is 0 Å². The van der Waals surface area contributed by atoms with Crippen molar-refractivity contribution in [2.75, 3.05) is 13.1 Å². The highest BCUT2D eigenvalue weighted by molar-refractivity contribution is 5.97. The average Bonchev–Trinajstić information content (AvgIpc) is 3.09. The molecule has 4 rings (SSSR count). The van der Waals surface area contributed by atoms with Gasteiger partial charge in [0, 0.05) is 31.4 Å². The molecule has 1 fully saturated rings. The van der Waals surface area contributed by atoms with Crippen LogP contribution in [-0.4, -0.2) is 45.2 Å². The van der Waals surface area contributed by atoms with Crippen LogP contribution in [0.5, 0.6) is 0 Å². The van der Waals surface area contributed by atoms with Crippen molar-refractivity contribution in [2.45, 2.75) is 19.4 Å². The van der Waals surface area contributed by atoms with Crippen LogP contribution in [0.3, 0.4) is 0 Å². The van der Waals surface area contributed by atoms with Gasteiger partial charge in [-0.3, -0.25) is 9.59 Å². The van der Waals surface area contributed by atoms with Gasteiger partial charge >= 0.3 is 0 Å².